The predicted molar refractivity (Wildman–Crippen MR) is 139 cm³/mol. The molecule has 2 aromatic heterocycles. The Morgan fingerprint density at radius 2 is 1.86 bits per heavy atom. The van der Waals surface area contributed by atoms with Crippen LogP contribution in [0.1, 0.15) is 31.9 Å². The van der Waals surface area contributed by atoms with E-state index in [9.17, 15) is 14.0 Å². The van der Waals surface area contributed by atoms with Crippen molar-refractivity contribution < 1.29 is 13.9 Å². The number of anilines is 3. The minimum atomic E-state index is -0.669. The van der Waals surface area contributed by atoms with Gasteiger partial charge in [0, 0.05) is 43.5 Å². The van der Waals surface area contributed by atoms with E-state index in [1.807, 2.05) is 27.7 Å². The van der Waals surface area contributed by atoms with E-state index < -0.39 is 17.0 Å². The van der Waals surface area contributed by atoms with Crippen molar-refractivity contribution in [2.24, 2.45) is 0 Å². The molecule has 0 aliphatic carbocycles. The highest BCUT2D eigenvalue weighted by Crippen LogP contribution is 2.36. The summed E-state index contributed by atoms with van der Waals surface area (Å²) in [6.45, 7) is 9.35. The van der Waals surface area contributed by atoms with Gasteiger partial charge in [-0.2, -0.15) is 0 Å². The quantitative estimate of drug-likeness (QED) is 0.321. The molecule has 0 spiro atoms. The summed E-state index contributed by atoms with van der Waals surface area (Å²) in [5.74, 6) is 0.00263. The number of aromatic amines is 1. The molecule has 4 rings (SSSR count). The zero-order chi connectivity index (χ0) is 26.4. The van der Waals surface area contributed by atoms with E-state index in [1.54, 1.807) is 11.0 Å². The molecule has 1 aliphatic rings. The summed E-state index contributed by atoms with van der Waals surface area (Å²) in [6.07, 6.45) is 0.580. The number of carbonyl (C=O) groups excluding carboxylic acids is 1. The number of piperazine rings is 1. The first-order valence-corrected chi connectivity index (χ1v) is 11.6. The maximum Gasteiger partial charge on any atom is 0.410 e. The number of aromatic nitrogens is 2. The highest BCUT2D eigenvalue weighted by atomic mass is 19.1. The molecule has 3 heterocycles. The van der Waals surface area contributed by atoms with Crippen LogP contribution in [0.25, 0.3) is 22.2 Å². The SMILES string of the molecule is Cc1cc2[nH]c(=O)c(N)c(-c3ccc(F)c(N)c3C=N)c2nc1N1CCN(C(=O)OC(C)(C)C)CC1. The van der Waals surface area contributed by atoms with Gasteiger partial charge in [0.25, 0.3) is 5.56 Å². The number of H-pyrrole nitrogens is 1. The Kier molecular flexibility index (Phi) is 6.33. The van der Waals surface area contributed by atoms with Crippen molar-refractivity contribution in [1.29, 1.82) is 5.41 Å². The summed E-state index contributed by atoms with van der Waals surface area (Å²) in [5.41, 5.74) is 13.1. The van der Waals surface area contributed by atoms with Crippen molar-refractivity contribution in [2.75, 3.05) is 42.5 Å². The molecule has 0 radical (unpaired) electrons. The highest BCUT2D eigenvalue weighted by molar-refractivity contribution is 6.05. The molecule has 0 saturated carbocycles. The van der Waals surface area contributed by atoms with E-state index in [2.05, 4.69) is 9.88 Å². The Morgan fingerprint density at radius 1 is 1.19 bits per heavy atom. The van der Waals surface area contributed by atoms with Gasteiger partial charge in [-0.3, -0.25) is 4.79 Å². The van der Waals surface area contributed by atoms with E-state index in [0.29, 0.717) is 48.6 Å². The number of nitrogens with one attached hydrogen (secondary N) is 2. The van der Waals surface area contributed by atoms with Crippen LogP contribution >= 0.6 is 0 Å². The molecule has 1 fully saturated rings. The Balaban J connectivity index is 1.77. The standard InChI is InChI=1S/C25H30FN7O3/c1-13-11-17-21(31-22(13)32-7-9-33(10-8-32)24(35)36-25(2,3)4)18(20(29)23(34)30-17)14-5-6-16(26)19(28)15(14)12-27/h5-6,11-12,27H,7-10,28-29H2,1-4H3,(H,30,34). The van der Waals surface area contributed by atoms with Gasteiger partial charge in [-0.15, -0.1) is 0 Å². The smallest absolute Gasteiger partial charge is 0.410 e. The topological polar surface area (TPSA) is 154 Å². The molecular formula is C25H30FN7O3. The second kappa shape index (κ2) is 9.14. The van der Waals surface area contributed by atoms with Crippen LogP contribution in [0, 0.1) is 18.2 Å². The van der Waals surface area contributed by atoms with Gasteiger partial charge in [0.15, 0.2) is 0 Å². The molecule has 6 N–H and O–H groups in total. The Labute approximate surface area is 207 Å². The number of nitrogen functional groups attached to an aromatic ring is 2. The van der Waals surface area contributed by atoms with Crippen LogP contribution in [0.3, 0.4) is 0 Å². The predicted octanol–water partition coefficient (Wildman–Crippen LogP) is 3.26. The fourth-order valence-corrected chi connectivity index (χ4v) is 4.32. The van der Waals surface area contributed by atoms with Crippen molar-refractivity contribution in [3.05, 3.63) is 45.5 Å². The minimum absolute atomic E-state index is 0.103. The number of nitrogens with two attached hydrogens (primary N) is 2. The molecule has 1 aliphatic heterocycles. The van der Waals surface area contributed by atoms with Crippen molar-refractivity contribution in [3.63, 3.8) is 0 Å². The molecule has 3 aromatic rings. The molecule has 0 unspecified atom stereocenters. The number of aryl methyl sites for hydroxylation is 1. The lowest BCUT2D eigenvalue weighted by Gasteiger charge is -2.36. The van der Waals surface area contributed by atoms with E-state index in [1.165, 1.54) is 12.1 Å². The Bertz CT molecular complexity index is 1420. The lowest BCUT2D eigenvalue weighted by molar-refractivity contribution is 0.0240. The summed E-state index contributed by atoms with van der Waals surface area (Å²) >= 11 is 0. The van der Waals surface area contributed by atoms with Gasteiger partial charge in [-0.1, -0.05) is 6.07 Å². The number of carbonyl (C=O) groups is 1. The molecule has 36 heavy (non-hydrogen) atoms. The van der Waals surface area contributed by atoms with E-state index in [4.69, 9.17) is 26.6 Å². The van der Waals surface area contributed by atoms with Crippen LogP contribution in [0.4, 0.5) is 26.4 Å². The minimum Gasteiger partial charge on any atom is -0.444 e. The number of nitrogens with zero attached hydrogens (tertiary/aromatic N) is 3. The van der Waals surface area contributed by atoms with Crippen molar-refractivity contribution in [1.82, 2.24) is 14.9 Å². The number of ether oxygens (including phenoxy) is 1. The van der Waals surface area contributed by atoms with Gasteiger partial charge in [-0.05, 0) is 51.0 Å². The second-order valence-corrected chi connectivity index (χ2v) is 9.79. The second-order valence-electron chi connectivity index (χ2n) is 9.79. The van der Waals surface area contributed by atoms with Gasteiger partial charge in [0.2, 0.25) is 0 Å². The molecular weight excluding hydrogens is 465 g/mol. The van der Waals surface area contributed by atoms with Crippen LogP contribution < -0.4 is 21.9 Å². The normalized spacial score (nSPS) is 14.2. The molecule has 0 bridgehead atoms. The van der Waals surface area contributed by atoms with Crippen LogP contribution in [-0.4, -0.2) is 59.0 Å². The lowest BCUT2D eigenvalue weighted by Crippen LogP contribution is -2.50. The number of fused-ring (bicyclic) bond motifs is 1. The van der Waals surface area contributed by atoms with Crippen molar-refractivity contribution in [2.45, 2.75) is 33.3 Å². The maximum absolute atomic E-state index is 14.1. The molecule has 1 saturated heterocycles. The summed E-state index contributed by atoms with van der Waals surface area (Å²) in [7, 11) is 0. The van der Waals surface area contributed by atoms with Crippen molar-refractivity contribution in [3.8, 4) is 11.1 Å². The first kappa shape index (κ1) is 25.0. The summed E-state index contributed by atoms with van der Waals surface area (Å²) in [6, 6.07) is 4.42. The average Bonchev–Trinajstić information content (AvgIpc) is 2.81. The van der Waals surface area contributed by atoms with Gasteiger partial charge in [0.1, 0.15) is 22.9 Å². The van der Waals surface area contributed by atoms with Crippen LogP contribution in [0.2, 0.25) is 0 Å². The number of rotatable bonds is 3. The first-order chi connectivity index (χ1) is 16.9. The third-order valence-electron chi connectivity index (χ3n) is 6.06. The number of hydrogen-bond donors (Lipinski definition) is 4. The average molecular weight is 496 g/mol. The summed E-state index contributed by atoms with van der Waals surface area (Å²) < 4.78 is 19.6. The summed E-state index contributed by atoms with van der Waals surface area (Å²) in [5, 5.41) is 7.78. The number of benzene rings is 1. The zero-order valence-corrected chi connectivity index (χ0v) is 20.7. The Morgan fingerprint density at radius 3 is 2.47 bits per heavy atom. The molecule has 10 nitrogen and oxygen atoms in total. The first-order valence-electron chi connectivity index (χ1n) is 11.6. The number of halogens is 1. The van der Waals surface area contributed by atoms with E-state index >= 15 is 0 Å². The van der Waals surface area contributed by atoms with E-state index in [0.717, 1.165) is 11.8 Å². The monoisotopic (exact) mass is 495 g/mol. The molecule has 1 amide bonds. The van der Waals surface area contributed by atoms with Crippen LogP contribution in [0.15, 0.2) is 23.0 Å². The van der Waals surface area contributed by atoms with Crippen LogP contribution in [-0.2, 0) is 4.74 Å². The van der Waals surface area contributed by atoms with Gasteiger partial charge in [0.05, 0.1) is 16.7 Å². The summed E-state index contributed by atoms with van der Waals surface area (Å²) in [4.78, 5) is 36.4. The molecule has 0 atom stereocenters. The fraction of sp³-hybridized carbons (Fsp3) is 0.360. The van der Waals surface area contributed by atoms with Gasteiger partial charge >= 0.3 is 6.09 Å². The number of amides is 1. The molecule has 1 aromatic carbocycles. The third kappa shape index (κ3) is 4.56. The maximum atomic E-state index is 14.1. The number of hydrogen-bond acceptors (Lipinski definition) is 8. The lowest BCUT2D eigenvalue weighted by atomic mass is 9.96. The largest absolute Gasteiger partial charge is 0.444 e. The molecule has 11 heteroatoms. The zero-order valence-electron chi connectivity index (χ0n) is 20.7. The van der Waals surface area contributed by atoms with Crippen molar-refractivity contribution >= 4 is 40.5 Å². The third-order valence-corrected chi connectivity index (χ3v) is 6.06. The number of pyridine rings is 2. The molecule has 190 valence electrons. The van der Waals surface area contributed by atoms with Gasteiger partial charge < -0.3 is 36.4 Å². The fourth-order valence-electron chi connectivity index (χ4n) is 4.32. The van der Waals surface area contributed by atoms with Gasteiger partial charge in [-0.25, -0.2) is 14.2 Å². The van der Waals surface area contributed by atoms with E-state index in [-0.39, 0.29) is 28.6 Å². The Hall–Kier alpha value is -4.15. The van der Waals surface area contributed by atoms with Crippen LogP contribution in [0.5, 0.6) is 0 Å². The highest BCUT2D eigenvalue weighted by Gasteiger charge is 2.28.